The van der Waals surface area contributed by atoms with Gasteiger partial charge in [-0.3, -0.25) is 9.78 Å². The summed E-state index contributed by atoms with van der Waals surface area (Å²) >= 11 is 6.04. The van der Waals surface area contributed by atoms with E-state index in [9.17, 15) is 36.3 Å². The van der Waals surface area contributed by atoms with Gasteiger partial charge in [0.1, 0.15) is 17.6 Å². The number of carbonyl (C=O) groups is 2. The van der Waals surface area contributed by atoms with E-state index in [-0.39, 0.29) is 41.5 Å². The van der Waals surface area contributed by atoms with Crippen LogP contribution < -0.4 is 16.0 Å². The van der Waals surface area contributed by atoms with E-state index in [1.54, 1.807) is 0 Å². The summed E-state index contributed by atoms with van der Waals surface area (Å²) in [6.45, 7) is 0.704. The molecule has 2 aromatic carbocycles. The molecule has 47 heavy (non-hydrogen) atoms. The van der Waals surface area contributed by atoms with Crippen LogP contribution in [0.2, 0.25) is 5.02 Å². The fourth-order valence-corrected chi connectivity index (χ4v) is 8.07. The van der Waals surface area contributed by atoms with E-state index in [0.29, 0.717) is 30.1 Å². The zero-order valence-corrected chi connectivity index (χ0v) is 26.4. The first-order valence-corrected chi connectivity index (χ1v) is 16.8. The third kappa shape index (κ3) is 8.20. The van der Waals surface area contributed by atoms with Crippen LogP contribution in [0, 0.1) is 5.82 Å². The Bertz CT molecular complexity index is 1710. The van der Waals surface area contributed by atoms with Gasteiger partial charge < -0.3 is 21.1 Å². The number of sulfonamides is 1. The van der Waals surface area contributed by atoms with E-state index in [4.69, 9.17) is 11.6 Å². The van der Waals surface area contributed by atoms with Crippen molar-refractivity contribution in [2.75, 3.05) is 24.2 Å². The van der Waals surface area contributed by atoms with Crippen LogP contribution in [-0.4, -0.2) is 71.8 Å². The zero-order valence-electron chi connectivity index (χ0n) is 24.8. The first kappa shape index (κ1) is 34.5. The van der Waals surface area contributed by atoms with Gasteiger partial charge in [-0.15, -0.1) is 0 Å². The quantitative estimate of drug-likeness (QED) is 0.231. The molecule has 0 saturated carbocycles. The first-order chi connectivity index (χ1) is 22.2. The van der Waals surface area contributed by atoms with Gasteiger partial charge in [0.05, 0.1) is 5.75 Å². The highest BCUT2D eigenvalue weighted by molar-refractivity contribution is 7.89. The van der Waals surface area contributed by atoms with Gasteiger partial charge in [-0.1, -0.05) is 35.9 Å². The number of halogens is 5. The SMILES string of the molecule is O=C(O)N[C@H](C(=O)Nc1cccc(F)c1CCC1CNC2CCCS(=O)(=O)N1C2)[C@@H](c1ccc(Cl)cc1)c1ccc(C(F)(F)F)nc1. The third-order valence-corrected chi connectivity index (χ3v) is 10.6. The second-order valence-corrected chi connectivity index (χ2v) is 14.0. The predicted octanol–water partition coefficient (Wildman–Crippen LogP) is 5.00. The third-order valence-electron chi connectivity index (χ3n) is 8.43. The molecule has 2 saturated heterocycles. The molecule has 1 aromatic heterocycles. The number of anilines is 1. The molecule has 5 atom stereocenters. The first-order valence-electron chi connectivity index (χ1n) is 14.8. The van der Waals surface area contributed by atoms with Crippen molar-refractivity contribution in [3.05, 3.63) is 94.0 Å². The van der Waals surface area contributed by atoms with Crippen LogP contribution in [0.4, 0.5) is 28.0 Å². The molecule has 0 radical (unpaired) electrons. The van der Waals surface area contributed by atoms with Crippen molar-refractivity contribution in [1.82, 2.24) is 19.9 Å². The van der Waals surface area contributed by atoms with Crippen molar-refractivity contribution >= 4 is 39.3 Å². The zero-order chi connectivity index (χ0) is 33.9. The van der Waals surface area contributed by atoms with Crippen molar-refractivity contribution < 1.29 is 40.7 Å². The highest BCUT2D eigenvalue weighted by atomic mass is 35.5. The molecule has 2 bridgehead atoms. The number of aromatic nitrogens is 1. The fraction of sp³-hybridized carbons (Fsp3) is 0.387. The van der Waals surface area contributed by atoms with Gasteiger partial charge in [-0.05, 0) is 67.1 Å². The number of carbonyl (C=O) groups excluding carboxylic acids is 1. The Hall–Kier alpha value is -3.79. The summed E-state index contributed by atoms with van der Waals surface area (Å²) in [5.74, 6) is -2.72. The van der Waals surface area contributed by atoms with Crippen LogP contribution in [-0.2, 0) is 27.4 Å². The second-order valence-electron chi connectivity index (χ2n) is 11.5. The summed E-state index contributed by atoms with van der Waals surface area (Å²) in [6.07, 6.45) is -3.85. The normalized spacial score (nSPS) is 22.0. The Morgan fingerprint density at radius 1 is 1.11 bits per heavy atom. The number of hydrogen-bond acceptors (Lipinski definition) is 6. The van der Waals surface area contributed by atoms with E-state index in [1.807, 2.05) is 0 Å². The molecular weight excluding hydrogens is 666 g/mol. The maximum atomic E-state index is 15.3. The van der Waals surface area contributed by atoms with Crippen molar-refractivity contribution in [3.8, 4) is 0 Å². The molecule has 252 valence electrons. The number of pyridine rings is 1. The van der Waals surface area contributed by atoms with Gasteiger partial charge in [0.15, 0.2) is 0 Å². The van der Waals surface area contributed by atoms with E-state index >= 15 is 4.39 Å². The topological polar surface area (TPSA) is 141 Å². The number of nitrogens with one attached hydrogen (secondary N) is 3. The smallest absolute Gasteiger partial charge is 0.433 e. The standard InChI is InChI=1S/C31H32ClF4N5O5S/c32-20-9-6-18(7-10-20)27(19-8-13-26(38-15-19)31(34,35)36)28(40-30(43)44)29(42)39-25-5-1-4-24(33)23(25)12-11-22-16-37-21-3-2-14-47(45,46)41(22)17-21/h1,4-10,13,15,21-22,27-28,37,40H,2-3,11-12,14,16-17H2,(H,39,42)(H,43,44)/t21?,22?,27-,28-/m0/s1. The van der Waals surface area contributed by atoms with Crippen LogP contribution >= 0.6 is 11.6 Å². The molecule has 3 heterocycles. The molecule has 5 rings (SSSR count). The summed E-state index contributed by atoms with van der Waals surface area (Å²) in [5.41, 5.74) is -0.623. The second kappa shape index (κ2) is 14.1. The van der Waals surface area contributed by atoms with Gasteiger partial charge >= 0.3 is 12.3 Å². The monoisotopic (exact) mass is 697 g/mol. The molecule has 2 aliphatic heterocycles. The molecule has 16 heteroatoms. The molecular formula is C31H32ClF4N5O5S. The molecule has 0 spiro atoms. The predicted molar refractivity (Wildman–Crippen MR) is 166 cm³/mol. The van der Waals surface area contributed by atoms with E-state index < -0.39 is 57.7 Å². The van der Waals surface area contributed by atoms with Crippen molar-refractivity contribution in [3.63, 3.8) is 0 Å². The van der Waals surface area contributed by atoms with Gasteiger partial charge in [-0.2, -0.15) is 17.5 Å². The van der Waals surface area contributed by atoms with E-state index in [0.717, 1.165) is 24.8 Å². The largest absolute Gasteiger partial charge is 0.465 e. The molecule has 3 unspecified atom stereocenters. The Morgan fingerprint density at radius 2 is 1.83 bits per heavy atom. The van der Waals surface area contributed by atoms with Gasteiger partial charge in [-0.25, -0.2) is 17.6 Å². The molecule has 2 fully saturated rings. The number of nitrogens with zero attached hydrogens (tertiary/aromatic N) is 2. The van der Waals surface area contributed by atoms with Gasteiger partial charge in [0.25, 0.3) is 0 Å². The number of rotatable bonds is 9. The van der Waals surface area contributed by atoms with Crippen LogP contribution in [0.25, 0.3) is 0 Å². The summed E-state index contributed by atoms with van der Waals surface area (Å²) in [6, 6.07) is 9.76. The van der Waals surface area contributed by atoms with Crippen molar-refractivity contribution in [2.45, 2.75) is 55.9 Å². The summed E-state index contributed by atoms with van der Waals surface area (Å²) < 4.78 is 82.3. The van der Waals surface area contributed by atoms with Crippen molar-refractivity contribution in [2.24, 2.45) is 0 Å². The number of benzene rings is 2. The highest BCUT2D eigenvalue weighted by Gasteiger charge is 2.39. The molecule has 3 aromatic rings. The van der Waals surface area contributed by atoms with Crippen LogP contribution in [0.3, 0.4) is 0 Å². The van der Waals surface area contributed by atoms with E-state index in [1.165, 1.54) is 46.8 Å². The van der Waals surface area contributed by atoms with E-state index in [2.05, 4.69) is 20.9 Å². The lowest BCUT2D eigenvalue weighted by atomic mass is 9.85. The molecule has 2 aliphatic rings. The number of carboxylic acid groups (broad SMARTS) is 1. The summed E-state index contributed by atoms with van der Waals surface area (Å²) in [4.78, 5) is 29.3. The Balaban J connectivity index is 1.44. The highest BCUT2D eigenvalue weighted by Crippen LogP contribution is 2.34. The molecule has 0 aliphatic carbocycles. The molecule has 4 N–H and O–H groups in total. The minimum absolute atomic E-state index is 0.0316. The number of piperazine rings is 1. The molecule has 10 nitrogen and oxygen atoms in total. The van der Waals surface area contributed by atoms with Crippen LogP contribution in [0.1, 0.15) is 47.6 Å². The van der Waals surface area contributed by atoms with Crippen LogP contribution in [0.5, 0.6) is 0 Å². The van der Waals surface area contributed by atoms with Gasteiger partial charge in [0.2, 0.25) is 15.9 Å². The number of hydrogen-bond donors (Lipinski definition) is 4. The Morgan fingerprint density at radius 3 is 2.49 bits per heavy atom. The minimum Gasteiger partial charge on any atom is -0.465 e. The summed E-state index contributed by atoms with van der Waals surface area (Å²) in [7, 11) is -3.49. The number of amides is 2. The lowest BCUT2D eigenvalue weighted by molar-refractivity contribution is -0.141. The number of alkyl halides is 3. The average Bonchev–Trinajstić information content (AvgIpc) is 3.12. The van der Waals surface area contributed by atoms with Crippen molar-refractivity contribution in [1.29, 1.82) is 0 Å². The lowest BCUT2D eigenvalue weighted by Crippen LogP contribution is -2.57. The number of fused-ring (bicyclic) bond motifs is 2. The Kier molecular flexibility index (Phi) is 10.4. The van der Waals surface area contributed by atoms with Gasteiger partial charge in [0, 0.05) is 53.6 Å². The maximum Gasteiger partial charge on any atom is 0.433 e. The molecule has 2 amide bonds. The summed E-state index contributed by atoms with van der Waals surface area (Å²) in [5, 5.41) is 18.1. The Labute approximate surface area is 273 Å². The van der Waals surface area contributed by atoms with Crippen LogP contribution in [0.15, 0.2) is 60.8 Å². The average molecular weight is 698 g/mol. The fourth-order valence-electron chi connectivity index (χ4n) is 6.13. The lowest BCUT2D eigenvalue weighted by Gasteiger charge is -2.37. The maximum absolute atomic E-state index is 15.3. The minimum atomic E-state index is -4.73.